The molecule has 0 saturated carbocycles. The number of aromatic nitrogens is 3. The molecule has 0 aliphatic heterocycles. The Hall–Kier alpha value is -0.900. The van der Waals surface area contributed by atoms with Crippen molar-refractivity contribution in [1.82, 2.24) is 14.8 Å². The Morgan fingerprint density at radius 3 is 2.71 bits per heavy atom. The maximum atomic E-state index is 9.65. The quantitative estimate of drug-likeness (QED) is 0.770. The van der Waals surface area contributed by atoms with Crippen molar-refractivity contribution in [2.24, 2.45) is 13.0 Å². The van der Waals surface area contributed by atoms with Crippen LogP contribution in [0.3, 0.4) is 0 Å². The van der Waals surface area contributed by atoms with Gasteiger partial charge in [-0.25, -0.2) is 4.98 Å². The predicted molar refractivity (Wildman–Crippen MR) is 54.8 cm³/mol. The summed E-state index contributed by atoms with van der Waals surface area (Å²) in [5.74, 6) is 1.48. The summed E-state index contributed by atoms with van der Waals surface area (Å²) in [6, 6.07) is 0. The summed E-state index contributed by atoms with van der Waals surface area (Å²) in [6.07, 6.45) is 3.75. The van der Waals surface area contributed by atoms with E-state index in [1.807, 2.05) is 7.05 Å². The Labute approximate surface area is 85.0 Å². The SMILES string of the molecule is CC(C)CC(O)CCc1ncnn1C. The van der Waals surface area contributed by atoms with Gasteiger partial charge in [0.1, 0.15) is 12.2 Å². The fourth-order valence-corrected chi connectivity index (χ4v) is 1.50. The largest absolute Gasteiger partial charge is 0.393 e. The Morgan fingerprint density at radius 1 is 1.50 bits per heavy atom. The molecule has 1 heterocycles. The van der Waals surface area contributed by atoms with Crippen LogP contribution in [0.2, 0.25) is 0 Å². The number of aliphatic hydroxyl groups is 1. The van der Waals surface area contributed by atoms with Crippen LogP contribution >= 0.6 is 0 Å². The lowest BCUT2D eigenvalue weighted by molar-refractivity contribution is 0.139. The van der Waals surface area contributed by atoms with E-state index in [1.165, 1.54) is 0 Å². The molecule has 1 atom stereocenters. The molecule has 0 aliphatic carbocycles. The summed E-state index contributed by atoms with van der Waals surface area (Å²) in [7, 11) is 1.87. The van der Waals surface area contributed by atoms with E-state index >= 15 is 0 Å². The minimum Gasteiger partial charge on any atom is -0.393 e. The average molecular weight is 197 g/mol. The van der Waals surface area contributed by atoms with Gasteiger partial charge in [0, 0.05) is 13.5 Å². The molecule has 0 saturated heterocycles. The molecule has 0 fully saturated rings. The maximum Gasteiger partial charge on any atom is 0.138 e. The van der Waals surface area contributed by atoms with Gasteiger partial charge in [0.05, 0.1) is 6.10 Å². The van der Waals surface area contributed by atoms with Gasteiger partial charge in [-0.05, 0) is 18.8 Å². The zero-order chi connectivity index (χ0) is 10.6. The highest BCUT2D eigenvalue weighted by Gasteiger charge is 2.08. The fourth-order valence-electron chi connectivity index (χ4n) is 1.50. The van der Waals surface area contributed by atoms with E-state index < -0.39 is 0 Å². The first kappa shape index (κ1) is 11.2. The summed E-state index contributed by atoms with van der Waals surface area (Å²) in [5, 5.41) is 13.6. The van der Waals surface area contributed by atoms with Gasteiger partial charge in [-0.15, -0.1) is 0 Å². The molecule has 0 radical (unpaired) electrons. The summed E-state index contributed by atoms with van der Waals surface area (Å²) in [6.45, 7) is 4.23. The lowest BCUT2D eigenvalue weighted by atomic mass is 10.0. The molecule has 0 aromatic carbocycles. The highest BCUT2D eigenvalue weighted by molar-refractivity contribution is 4.84. The van der Waals surface area contributed by atoms with Crippen molar-refractivity contribution in [1.29, 1.82) is 0 Å². The highest BCUT2D eigenvalue weighted by atomic mass is 16.3. The molecule has 4 nitrogen and oxygen atoms in total. The normalized spacial score (nSPS) is 13.5. The number of rotatable bonds is 5. The summed E-state index contributed by atoms with van der Waals surface area (Å²) in [4.78, 5) is 4.11. The maximum absolute atomic E-state index is 9.65. The van der Waals surface area contributed by atoms with Gasteiger partial charge in [-0.1, -0.05) is 13.8 Å². The molecule has 1 rings (SSSR count). The standard InChI is InChI=1S/C10H19N3O/c1-8(2)6-9(14)4-5-10-11-7-12-13(10)3/h7-9,14H,4-6H2,1-3H3. The second-order valence-corrected chi connectivity index (χ2v) is 4.12. The highest BCUT2D eigenvalue weighted by Crippen LogP contribution is 2.09. The van der Waals surface area contributed by atoms with Crippen molar-refractivity contribution in [3.05, 3.63) is 12.2 Å². The minimum atomic E-state index is -0.216. The van der Waals surface area contributed by atoms with Gasteiger partial charge >= 0.3 is 0 Å². The van der Waals surface area contributed by atoms with Gasteiger partial charge in [0.2, 0.25) is 0 Å². The Kier molecular flexibility index (Phi) is 4.07. The van der Waals surface area contributed by atoms with Crippen molar-refractivity contribution in [3.8, 4) is 0 Å². The predicted octanol–water partition coefficient (Wildman–Crippen LogP) is 1.15. The second kappa shape index (κ2) is 5.10. The Bertz CT molecular complexity index is 270. The molecule has 14 heavy (non-hydrogen) atoms. The smallest absolute Gasteiger partial charge is 0.138 e. The zero-order valence-corrected chi connectivity index (χ0v) is 9.14. The zero-order valence-electron chi connectivity index (χ0n) is 9.14. The molecular formula is C10H19N3O. The average Bonchev–Trinajstić information content (AvgIpc) is 2.46. The molecule has 1 aromatic rings. The topological polar surface area (TPSA) is 50.9 Å². The number of nitrogens with zero attached hydrogens (tertiary/aromatic N) is 3. The van der Waals surface area contributed by atoms with E-state index in [0.717, 1.165) is 25.1 Å². The van der Waals surface area contributed by atoms with Gasteiger partial charge in [-0.3, -0.25) is 4.68 Å². The Balaban J connectivity index is 2.30. The van der Waals surface area contributed by atoms with Crippen LogP contribution in [0.4, 0.5) is 0 Å². The molecular weight excluding hydrogens is 178 g/mol. The molecule has 1 aromatic heterocycles. The summed E-state index contributed by atoms with van der Waals surface area (Å²) >= 11 is 0. The molecule has 0 spiro atoms. The van der Waals surface area contributed by atoms with E-state index in [0.29, 0.717) is 5.92 Å². The number of hydrogen-bond donors (Lipinski definition) is 1. The van der Waals surface area contributed by atoms with Gasteiger partial charge in [0.25, 0.3) is 0 Å². The monoisotopic (exact) mass is 197 g/mol. The van der Waals surface area contributed by atoms with Crippen LogP contribution in [0.5, 0.6) is 0 Å². The van der Waals surface area contributed by atoms with Crippen LogP contribution in [0.25, 0.3) is 0 Å². The second-order valence-electron chi connectivity index (χ2n) is 4.12. The van der Waals surface area contributed by atoms with Crippen LogP contribution < -0.4 is 0 Å². The first-order valence-corrected chi connectivity index (χ1v) is 5.10. The molecule has 4 heteroatoms. The number of aryl methyl sites for hydroxylation is 2. The van der Waals surface area contributed by atoms with E-state index in [-0.39, 0.29) is 6.10 Å². The third-order valence-corrected chi connectivity index (χ3v) is 2.25. The minimum absolute atomic E-state index is 0.216. The van der Waals surface area contributed by atoms with E-state index in [2.05, 4.69) is 23.9 Å². The first-order valence-electron chi connectivity index (χ1n) is 5.10. The lowest BCUT2D eigenvalue weighted by Gasteiger charge is -2.12. The van der Waals surface area contributed by atoms with Crippen molar-refractivity contribution in [2.45, 2.75) is 39.2 Å². The van der Waals surface area contributed by atoms with E-state index in [1.54, 1.807) is 11.0 Å². The first-order chi connectivity index (χ1) is 6.59. The lowest BCUT2D eigenvalue weighted by Crippen LogP contribution is -2.12. The third kappa shape index (κ3) is 3.46. The summed E-state index contributed by atoms with van der Waals surface area (Å²) in [5.41, 5.74) is 0. The van der Waals surface area contributed by atoms with Crippen molar-refractivity contribution >= 4 is 0 Å². The van der Waals surface area contributed by atoms with E-state index in [4.69, 9.17) is 0 Å². The van der Waals surface area contributed by atoms with Gasteiger partial charge in [-0.2, -0.15) is 5.10 Å². The number of hydrogen-bond acceptors (Lipinski definition) is 3. The number of aliphatic hydroxyl groups excluding tert-OH is 1. The fraction of sp³-hybridized carbons (Fsp3) is 0.800. The van der Waals surface area contributed by atoms with Crippen molar-refractivity contribution in [3.63, 3.8) is 0 Å². The van der Waals surface area contributed by atoms with E-state index in [9.17, 15) is 5.11 Å². The van der Waals surface area contributed by atoms with Crippen LogP contribution in [-0.2, 0) is 13.5 Å². The molecule has 1 unspecified atom stereocenters. The van der Waals surface area contributed by atoms with Gasteiger partial charge < -0.3 is 5.11 Å². The molecule has 0 bridgehead atoms. The molecule has 0 aliphatic rings. The Morgan fingerprint density at radius 2 is 2.21 bits per heavy atom. The summed E-state index contributed by atoms with van der Waals surface area (Å²) < 4.78 is 1.75. The van der Waals surface area contributed by atoms with Crippen LogP contribution in [-0.4, -0.2) is 26.0 Å². The van der Waals surface area contributed by atoms with Gasteiger partial charge in [0.15, 0.2) is 0 Å². The van der Waals surface area contributed by atoms with Crippen molar-refractivity contribution < 1.29 is 5.11 Å². The van der Waals surface area contributed by atoms with Crippen molar-refractivity contribution in [2.75, 3.05) is 0 Å². The van der Waals surface area contributed by atoms with Crippen LogP contribution in [0.1, 0.15) is 32.5 Å². The van der Waals surface area contributed by atoms with Crippen LogP contribution in [0, 0.1) is 5.92 Å². The van der Waals surface area contributed by atoms with Crippen LogP contribution in [0.15, 0.2) is 6.33 Å². The molecule has 80 valence electrons. The third-order valence-electron chi connectivity index (χ3n) is 2.25. The molecule has 1 N–H and O–H groups in total. The molecule has 0 amide bonds.